The molecule has 0 heterocycles. The Morgan fingerprint density at radius 2 is 1.95 bits per heavy atom. The van der Waals surface area contributed by atoms with E-state index in [1.54, 1.807) is 0 Å². The molecule has 2 saturated carbocycles. The third kappa shape index (κ3) is 4.95. The van der Waals surface area contributed by atoms with Gasteiger partial charge < -0.3 is 5.32 Å². The van der Waals surface area contributed by atoms with E-state index >= 15 is 0 Å². The summed E-state index contributed by atoms with van der Waals surface area (Å²) in [5.41, 5.74) is 0. The van der Waals surface area contributed by atoms with E-state index in [0.717, 1.165) is 29.7 Å². The molecular formula is C18H33N. The zero-order chi connectivity index (χ0) is 13.7. The van der Waals surface area contributed by atoms with Crippen molar-refractivity contribution >= 4 is 0 Å². The smallest absolute Gasteiger partial charge is 0.00683 e. The highest BCUT2D eigenvalue weighted by molar-refractivity contribution is 4.87. The fourth-order valence-electron chi connectivity index (χ4n) is 3.72. The van der Waals surface area contributed by atoms with Gasteiger partial charge in [-0.2, -0.15) is 0 Å². The van der Waals surface area contributed by atoms with Crippen LogP contribution in [0.4, 0.5) is 0 Å². The van der Waals surface area contributed by atoms with E-state index in [9.17, 15) is 0 Å². The summed E-state index contributed by atoms with van der Waals surface area (Å²) in [7, 11) is 0. The number of nitrogens with one attached hydrogen (secondary N) is 1. The Morgan fingerprint density at radius 3 is 2.58 bits per heavy atom. The van der Waals surface area contributed by atoms with E-state index in [0.29, 0.717) is 0 Å². The van der Waals surface area contributed by atoms with Crippen molar-refractivity contribution in [2.75, 3.05) is 6.54 Å². The molecule has 1 N–H and O–H groups in total. The van der Waals surface area contributed by atoms with Gasteiger partial charge >= 0.3 is 0 Å². The lowest BCUT2D eigenvalue weighted by Crippen LogP contribution is -2.35. The summed E-state index contributed by atoms with van der Waals surface area (Å²) in [5.74, 6) is 3.76. The Morgan fingerprint density at radius 1 is 1.16 bits per heavy atom. The van der Waals surface area contributed by atoms with Crippen LogP contribution in [0.3, 0.4) is 0 Å². The quantitative estimate of drug-likeness (QED) is 0.491. The van der Waals surface area contributed by atoms with Gasteiger partial charge in [0.15, 0.2) is 0 Å². The fraction of sp³-hybridized carbons (Fsp3) is 0.889. The first-order chi connectivity index (χ1) is 9.20. The molecule has 0 aromatic carbocycles. The lowest BCUT2D eigenvalue weighted by atomic mass is 9.69. The number of rotatable bonds is 8. The van der Waals surface area contributed by atoms with E-state index in [-0.39, 0.29) is 0 Å². The zero-order valence-electron chi connectivity index (χ0n) is 13.0. The molecule has 2 rings (SSSR count). The van der Waals surface area contributed by atoms with Crippen molar-refractivity contribution in [2.24, 2.45) is 23.7 Å². The van der Waals surface area contributed by atoms with Gasteiger partial charge in [-0.3, -0.25) is 0 Å². The summed E-state index contributed by atoms with van der Waals surface area (Å²) in [5, 5.41) is 3.77. The van der Waals surface area contributed by atoms with Gasteiger partial charge in [0.2, 0.25) is 0 Å². The van der Waals surface area contributed by atoms with Crippen molar-refractivity contribution in [3.05, 3.63) is 12.7 Å². The topological polar surface area (TPSA) is 12.0 Å². The Labute approximate surface area is 120 Å². The maximum absolute atomic E-state index is 3.86. The standard InChI is InChI=1S/C18H33N/c1-4-5-6-7-16-12-15(14(2)3)8-9-17(16)13-19-18-10-11-18/h4,14-19H,1,5-13H2,2-3H3. The molecule has 3 unspecified atom stereocenters. The maximum atomic E-state index is 3.86. The molecule has 2 aliphatic carbocycles. The van der Waals surface area contributed by atoms with Crippen LogP contribution in [-0.2, 0) is 0 Å². The third-order valence-electron chi connectivity index (χ3n) is 5.35. The van der Waals surface area contributed by atoms with Gasteiger partial charge in [0.25, 0.3) is 0 Å². The summed E-state index contributed by atoms with van der Waals surface area (Å²) < 4.78 is 0. The number of hydrogen-bond donors (Lipinski definition) is 1. The summed E-state index contributed by atoms with van der Waals surface area (Å²) in [6.07, 6.45) is 13.3. The molecule has 0 aliphatic heterocycles. The van der Waals surface area contributed by atoms with E-state index in [1.165, 1.54) is 57.9 Å². The molecule has 110 valence electrons. The van der Waals surface area contributed by atoms with Crippen LogP contribution in [0.25, 0.3) is 0 Å². The molecule has 0 spiro atoms. The second kappa shape index (κ2) is 7.47. The fourth-order valence-corrected chi connectivity index (χ4v) is 3.72. The van der Waals surface area contributed by atoms with Crippen LogP contribution in [0.15, 0.2) is 12.7 Å². The van der Waals surface area contributed by atoms with Crippen LogP contribution >= 0.6 is 0 Å². The molecule has 0 amide bonds. The van der Waals surface area contributed by atoms with Crippen molar-refractivity contribution in [3.8, 4) is 0 Å². The average molecular weight is 263 g/mol. The molecule has 2 aliphatic rings. The van der Waals surface area contributed by atoms with Crippen LogP contribution in [0.5, 0.6) is 0 Å². The SMILES string of the molecule is C=CCCCC1CC(C(C)C)CCC1CNC1CC1. The van der Waals surface area contributed by atoms with E-state index in [1.807, 2.05) is 0 Å². The highest BCUT2D eigenvalue weighted by atomic mass is 14.9. The van der Waals surface area contributed by atoms with Gasteiger partial charge in [-0.05, 0) is 81.6 Å². The Kier molecular flexibility index (Phi) is 5.94. The molecule has 1 nitrogen and oxygen atoms in total. The van der Waals surface area contributed by atoms with Crippen LogP contribution < -0.4 is 5.32 Å². The molecule has 0 bridgehead atoms. The largest absolute Gasteiger partial charge is 0.314 e. The number of allylic oxidation sites excluding steroid dienone is 1. The van der Waals surface area contributed by atoms with Gasteiger partial charge in [-0.25, -0.2) is 0 Å². The predicted octanol–water partition coefficient (Wildman–Crippen LogP) is 4.78. The highest BCUT2D eigenvalue weighted by Crippen LogP contribution is 2.40. The van der Waals surface area contributed by atoms with Crippen LogP contribution in [0.1, 0.15) is 65.2 Å². The first-order valence-electron chi connectivity index (χ1n) is 8.55. The molecule has 19 heavy (non-hydrogen) atoms. The van der Waals surface area contributed by atoms with E-state index < -0.39 is 0 Å². The minimum absolute atomic E-state index is 0.872. The minimum Gasteiger partial charge on any atom is -0.314 e. The first kappa shape index (κ1) is 15.1. The van der Waals surface area contributed by atoms with Crippen LogP contribution in [0, 0.1) is 23.7 Å². The van der Waals surface area contributed by atoms with E-state index in [4.69, 9.17) is 0 Å². The maximum Gasteiger partial charge on any atom is 0.00683 e. The average Bonchev–Trinajstić information content (AvgIpc) is 3.21. The zero-order valence-corrected chi connectivity index (χ0v) is 13.0. The molecule has 0 radical (unpaired) electrons. The normalized spacial score (nSPS) is 31.6. The van der Waals surface area contributed by atoms with Crippen molar-refractivity contribution in [1.29, 1.82) is 0 Å². The molecular weight excluding hydrogens is 230 g/mol. The van der Waals surface area contributed by atoms with Gasteiger partial charge in [0, 0.05) is 6.04 Å². The lowest BCUT2D eigenvalue weighted by molar-refractivity contribution is 0.136. The summed E-state index contributed by atoms with van der Waals surface area (Å²) >= 11 is 0. The monoisotopic (exact) mass is 263 g/mol. The highest BCUT2D eigenvalue weighted by Gasteiger charge is 2.32. The molecule has 3 atom stereocenters. The van der Waals surface area contributed by atoms with Crippen LogP contribution in [0.2, 0.25) is 0 Å². The predicted molar refractivity (Wildman–Crippen MR) is 84.2 cm³/mol. The first-order valence-corrected chi connectivity index (χ1v) is 8.55. The van der Waals surface area contributed by atoms with Crippen molar-refractivity contribution < 1.29 is 0 Å². The lowest BCUT2D eigenvalue weighted by Gasteiger charge is -2.38. The second-order valence-corrected chi connectivity index (χ2v) is 7.24. The Balaban J connectivity index is 1.81. The second-order valence-electron chi connectivity index (χ2n) is 7.24. The summed E-state index contributed by atoms with van der Waals surface area (Å²) in [4.78, 5) is 0. The Hall–Kier alpha value is -0.300. The van der Waals surface area contributed by atoms with Gasteiger partial charge in [0.1, 0.15) is 0 Å². The van der Waals surface area contributed by atoms with Crippen molar-refractivity contribution in [3.63, 3.8) is 0 Å². The summed E-state index contributed by atoms with van der Waals surface area (Å²) in [6.45, 7) is 9.97. The molecule has 0 saturated heterocycles. The molecule has 0 aromatic heterocycles. The third-order valence-corrected chi connectivity index (χ3v) is 5.35. The molecule has 1 heteroatoms. The molecule has 0 aromatic rings. The van der Waals surface area contributed by atoms with Crippen molar-refractivity contribution in [2.45, 2.75) is 71.3 Å². The number of unbranched alkanes of at least 4 members (excludes halogenated alkanes) is 1. The summed E-state index contributed by atoms with van der Waals surface area (Å²) in [6, 6.07) is 0.872. The van der Waals surface area contributed by atoms with Crippen molar-refractivity contribution in [1.82, 2.24) is 5.32 Å². The van der Waals surface area contributed by atoms with Gasteiger partial charge in [-0.15, -0.1) is 6.58 Å². The number of hydrogen-bond acceptors (Lipinski definition) is 1. The van der Waals surface area contributed by atoms with Gasteiger partial charge in [-0.1, -0.05) is 19.9 Å². The van der Waals surface area contributed by atoms with Crippen LogP contribution in [-0.4, -0.2) is 12.6 Å². The van der Waals surface area contributed by atoms with E-state index in [2.05, 4.69) is 31.8 Å². The Bertz CT molecular complexity index is 267. The molecule has 2 fully saturated rings. The minimum atomic E-state index is 0.872. The van der Waals surface area contributed by atoms with Gasteiger partial charge in [0.05, 0.1) is 0 Å².